The second-order valence-corrected chi connectivity index (χ2v) is 7.04. The van der Waals surface area contributed by atoms with E-state index in [1.807, 2.05) is 6.07 Å². The first kappa shape index (κ1) is 19.2. The molecule has 1 unspecified atom stereocenters. The van der Waals surface area contributed by atoms with Crippen LogP contribution < -0.4 is 0 Å². The monoisotopic (exact) mass is 366 g/mol. The summed E-state index contributed by atoms with van der Waals surface area (Å²) in [4.78, 5) is 33.9. The fourth-order valence-electron chi connectivity index (χ4n) is 3.88. The zero-order valence-corrected chi connectivity index (χ0v) is 15.7. The maximum Gasteiger partial charge on any atom is 0.316 e. The zero-order valence-electron chi connectivity index (χ0n) is 15.7. The molecule has 5 nitrogen and oxygen atoms in total. The average Bonchev–Trinajstić information content (AvgIpc) is 2.73. The molecule has 5 heteroatoms. The van der Waals surface area contributed by atoms with Crippen LogP contribution in [0.5, 0.6) is 0 Å². The molecule has 27 heavy (non-hydrogen) atoms. The number of hydrogen-bond donors (Lipinski definition) is 0. The minimum absolute atomic E-state index is 0.0209. The molecule has 1 heterocycles. The summed E-state index contributed by atoms with van der Waals surface area (Å²) in [6.07, 6.45) is 7.01. The summed E-state index contributed by atoms with van der Waals surface area (Å²) >= 11 is 0. The standard InChI is InChI=1S/C22H26N2O3/c1-2-27-22(26)19(15-20-23-13-6-14-24-20)21(25)18-11-9-17(10-12-18)16-7-4-3-5-8-16/h3-8,13-14,17-19H,2,9-12,15H2,1H3/t17-,18-,19?. The summed E-state index contributed by atoms with van der Waals surface area (Å²) in [6, 6.07) is 12.2. The van der Waals surface area contributed by atoms with Gasteiger partial charge in [0.05, 0.1) is 6.61 Å². The highest BCUT2D eigenvalue weighted by molar-refractivity contribution is 6.00. The van der Waals surface area contributed by atoms with E-state index in [0.717, 1.165) is 25.7 Å². The normalized spacial score (nSPS) is 20.6. The largest absolute Gasteiger partial charge is 0.465 e. The summed E-state index contributed by atoms with van der Waals surface area (Å²) < 4.78 is 5.16. The number of esters is 1. The highest BCUT2D eigenvalue weighted by Crippen LogP contribution is 2.37. The second-order valence-electron chi connectivity index (χ2n) is 7.04. The topological polar surface area (TPSA) is 69.2 Å². The minimum atomic E-state index is -0.814. The van der Waals surface area contributed by atoms with E-state index in [-0.39, 0.29) is 24.7 Å². The number of hydrogen-bond acceptors (Lipinski definition) is 5. The molecule has 0 bridgehead atoms. The van der Waals surface area contributed by atoms with E-state index in [9.17, 15) is 9.59 Å². The first-order valence-corrected chi connectivity index (χ1v) is 9.70. The molecule has 0 amide bonds. The summed E-state index contributed by atoms with van der Waals surface area (Å²) in [5.41, 5.74) is 1.34. The van der Waals surface area contributed by atoms with Crippen molar-refractivity contribution in [1.82, 2.24) is 9.97 Å². The SMILES string of the molecule is CCOC(=O)C(Cc1ncccn1)C(=O)[C@H]1CC[C@H](c2ccccc2)CC1. The molecule has 1 fully saturated rings. The van der Waals surface area contributed by atoms with Crippen LogP contribution in [0.3, 0.4) is 0 Å². The Bertz CT molecular complexity index is 741. The maximum atomic E-state index is 13.1. The Balaban J connectivity index is 1.66. The lowest BCUT2D eigenvalue weighted by atomic mass is 9.74. The van der Waals surface area contributed by atoms with Crippen LogP contribution in [0.15, 0.2) is 48.8 Å². The van der Waals surface area contributed by atoms with Crippen LogP contribution in [0.2, 0.25) is 0 Å². The quantitative estimate of drug-likeness (QED) is 0.551. The summed E-state index contributed by atoms with van der Waals surface area (Å²) in [6.45, 7) is 2.02. The van der Waals surface area contributed by atoms with Crippen molar-refractivity contribution in [2.45, 2.75) is 44.9 Å². The maximum absolute atomic E-state index is 13.1. The molecular formula is C22H26N2O3. The van der Waals surface area contributed by atoms with Crippen LogP contribution in [0.25, 0.3) is 0 Å². The predicted octanol–water partition coefficient (Wildman–Crippen LogP) is 3.74. The molecule has 1 aromatic carbocycles. The molecular weight excluding hydrogens is 340 g/mol. The molecule has 1 aromatic heterocycles. The number of ether oxygens (including phenoxy) is 1. The number of ketones is 1. The van der Waals surface area contributed by atoms with Crippen LogP contribution in [0, 0.1) is 11.8 Å². The van der Waals surface area contributed by atoms with Gasteiger partial charge in [0, 0.05) is 24.7 Å². The molecule has 1 aliphatic carbocycles. The van der Waals surface area contributed by atoms with Crippen LogP contribution in [0.4, 0.5) is 0 Å². The van der Waals surface area contributed by atoms with E-state index >= 15 is 0 Å². The van der Waals surface area contributed by atoms with E-state index in [1.165, 1.54) is 5.56 Å². The smallest absolute Gasteiger partial charge is 0.316 e. The van der Waals surface area contributed by atoms with Crippen molar-refractivity contribution >= 4 is 11.8 Å². The molecule has 142 valence electrons. The van der Waals surface area contributed by atoms with E-state index in [4.69, 9.17) is 4.74 Å². The summed E-state index contributed by atoms with van der Waals surface area (Å²) in [5, 5.41) is 0. The summed E-state index contributed by atoms with van der Waals surface area (Å²) in [7, 11) is 0. The van der Waals surface area contributed by atoms with Gasteiger partial charge in [-0.2, -0.15) is 0 Å². The van der Waals surface area contributed by atoms with E-state index < -0.39 is 11.9 Å². The minimum Gasteiger partial charge on any atom is -0.465 e. The van der Waals surface area contributed by atoms with Gasteiger partial charge in [-0.15, -0.1) is 0 Å². The van der Waals surface area contributed by atoms with Gasteiger partial charge in [-0.25, -0.2) is 9.97 Å². The Morgan fingerprint density at radius 3 is 2.33 bits per heavy atom. The van der Waals surface area contributed by atoms with Crippen molar-refractivity contribution < 1.29 is 14.3 Å². The number of nitrogens with zero attached hydrogens (tertiary/aromatic N) is 2. The van der Waals surface area contributed by atoms with Gasteiger partial charge in [0.25, 0.3) is 0 Å². The van der Waals surface area contributed by atoms with E-state index in [0.29, 0.717) is 11.7 Å². The van der Waals surface area contributed by atoms with Crippen molar-refractivity contribution in [3.8, 4) is 0 Å². The second kappa shape index (κ2) is 9.40. The lowest BCUT2D eigenvalue weighted by molar-refractivity contribution is -0.153. The van der Waals surface area contributed by atoms with Crippen LogP contribution in [-0.2, 0) is 20.7 Å². The lowest BCUT2D eigenvalue weighted by Crippen LogP contribution is -2.35. The van der Waals surface area contributed by atoms with Crippen molar-refractivity contribution in [2.24, 2.45) is 11.8 Å². The third-order valence-corrected chi connectivity index (χ3v) is 5.32. The first-order chi connectivity index (χ1) is 13.2. The van der Waals surface area contributed by atoms with Crippen molar-refractivity contribution in [3.63, 3.8) is 0 Å². The number of rotatable bonds is 7. The molecule has 0 aliphatic heterocycles. The molecule has 3 rings (SSSR count). The van der Waals surface area contributed by atoms with Crippen LogP contribution >= 0.6 is 0 Å². The molecule has 1 aliphatic rings. The van der Waals surface area contributed by atoms with Crippen LogP contribution in [-0.4, -0.2) is 28.3 Å². The van der Waals surface area contributed by atoms with Gasteiger partial charge in [0.2, 0.25) is 0 Å². The van der Waals surface area contributed by atoms with Gasteiger partial charge in [-0.3, -0.25) is 9.59 Å². The highest BCUT2D eigenvalue weighted by atomic mass is 16.5. The first-order valence-electron chi connectivity index (χ1n) is 9.70. The van der Waals surface area contributed by atoms with Crippen molar-refractivity contribution in [2.75, 3.05) is 6.61 Å². The lowest BCUT2D eigenvalue weighted by Gasteiger charge is -2.29. The van der Waals surface area contributed by atoms with Gasteiger partial charge in [0.1, 0.15) is 11.7 Å². The molecule has 1 saturated carbocycles. The molecule has 0 radical (unpaired) electrons. The van der Waals surface area contributed by atoms with E-state index in [1.54, 1.807) is 25.4 Å². The van der Waals surface area contributed by atoms with Gasteiger partial charge in [-0.1, -0.05) is 30.3 Å². The number of carbonyl (C=O) groups excluding carboxylic acids is 2. The molecule has 2 aromatic rings. The Hall–Kier alpha value is -2.56. The van der Waals surface area contributed by atoms with Gasteiger partial charge >= 0.3 is 5.97 Å². The molecule has 0 spiro atoms. The zero-order chi connectivity index (χ0) is 19.1. The van der Waals surface area contributed by atoms with Crippen LogP contribution in [0.1, 0.15) is 49.9 Å². The van der Waals surface area contributed by atoms with Gasteiger partial charge in [-0.05, 0) is 50.2 Å². The van der Waals surface area contributed by atoms with E-state index in [2.05, 4.69) is 34.2 Å². The number of aromatic nitrogens is 2. The molecule has 0 saturated heterocycles. The third kappa shape index (κ3) is 5.00. The Labute approximate surface area is 160 Å². The Morgan fingerprint density at radius 1 is 1.04 bits per heavy atom. The Morgan fingerprint density at radius 2 is 1.70 bits per heavy atom. The summed E-state index contributed by atoms with van der Waals surface area (Å²) in [5.74, 6) is -0.392. The fraction of sp³-hybridized carbons (Fsp3) is 0.455. The average molecular weight is 366 g/mol. The number of carbonyl (C=O) groups is 2. The van der Waals surface area contributed by atoms with Gasteiger partial charge < -0.3 is 4.74 Å². The Kier molecular flexibility index (Phi) is 6.69. The highest BCUT2D eigenvalue weighted by Gasteiger charge is 2.36. The number of benzene rings is 1. The third-order valence-electron chi connectivity index (χ3n) is 5.32. The number of Topliss-reactive ketones (excluding diaryl/α,β-unsaturated/α-hetero) is 1. The van der Waals surface area contributed by atoms with Crippen molar-refractivity contribution in [3.05, 3.63) is 60.2 Å². The van der Waals surface area contributed by atoms with Crippen molar-refractivity contribution in [1.29, 1.82) is 0 Å². The van der Waals surface area contributed by atoms with Gasteiger partial charge in [0.15, 0.2) is 5.78 Å². The predicted molar refractivity (Wildman–Crippen MR) is 102 cm³/mol. The molecule has 1 atom stereocenters. The fourth-order valence-corrected chi connectivity index (χ4v) is 3.88. The molecule has 0 N–H and O–H groups in total.